The van der Waals surface area contributed by atoms with Crippen molar-refractivity contribution in [3.05, 3.63) is 45.8 Å². The first-order chi connectivity index (χ1) is 18.7. The third kappa shape index (κ3) is 6.11. The highest BCUT2D eigenvalue weighted by Gasteiger charge is 2.33. The largest absolute Gasteiger partial charge is 0.450 e. The van der Waals surface area contributed by atoms with Gasteiger partial charge in [-0.1, -0.05) is 13.8 Å². The molecule has 0 unspecified atom stereocenters. The van der Waals surface area contributed by atoms with Crippen LogP contribution in [0.3, 0.4) is 0 Å². The minimum absolute atomic E-state index is 0.108. The maximum Gasteiger partial charge on any atom is 0.410 e. The summed E-state index contributed by atoms with van der Waals surface area (Å²) in [5, 5.41) is 3.29. The molecule has 0 spiro atoms. The number of fused-ring (bicyclic) bond motifs is 1. The van der Waals surface area contributed by atoms with Crippen molar-refractivity contribution in [2.45, 2.75) is 38.6 Å². The summed E-state index contributed by atoms with van der Waals surface area (Å²) in [5.41, 5.74) is 1.53. The smallest absolute Gasteiger partial charge is 0.410 e. The van der Waals surface area contributed by atoms with Gasteiger partial charge in [0.1, 0.15) is 5.00 Å². The molecule has 1 aromatic carbocycles. The van der Waals surface area contributed by atoms with Gasteiger partial charge in [-0.15, -0.1) is 11.3 Å². The van der Waals surface area contributed by atoms with Crippen LogP contribution in [0.2, 0.25) is 0 Å². The summed E-state index contributed by atoms with van der Waals surface area (Å²) in [4.78, 5) is 43.4. The number of rotatable bonds is 8. The lowest BCUT2D eigenvalue weighted by Crippen LogP contribution is -2.41. The molecule has 212 valence electrons. The Balaban J connectivity index is 1.61. The van der Waals surface area contributed by atoms with Gasteiger partial charge < -0.3 is 24.6 Å². The van der Waals surface area contributed by atoms with Gasteiger partial charge in [0.25, 0.3) is 11.8 Å². The van der Waals surface area contributed by atoms with Crippen molar-refractivity contribution in [3.63, 3.8) is 0 Å². The first-order valence-electron chi connectivity index (χ1n) is 13.1. The predicted octanol–water partition coefficient (Wildman–Crippen LogP) is 3.02. The molecular weight excluding hydrogens is 544 g/mol. The third-order valence-corrected chi connectivity index (χ3v) is 9.98. The Labute approximate surface area is 232 Å². The van der Waals surface area contributed by atoms with E-state index in [9.17, 15) is 22.8 Å². The number of nitrogens with one attached hydrogen (secondary N) is 1. The van der Waals surface area contributed by atoms with Crippen molar-refractivity contribution < 1.29 is 32.3 Å². The van der Waals surface area contributed by atoms with Crippen LogP contribution >= 0.6 is 11.3 Å². The SMILES string of the molecule is CCOC(=O)N1CCc2c(sc(NC(=O)c3ccc(S(=O)(=O)N(CC)CC)cc3)c2C(=O)N2CCOCC2)C1. The van der Waals surface area contributed by atoms with Crippen LogP contribution in [0.5, 0.6) is 0 Å². The van der Waals surface area contributed by atoms with Gasteiger partial charge in [0.15, 0.2) is 0 Å². The van der Waals surface area contributed by atoms with E-state index in [4.69, 9.17) is 9.47 Å². The summed E-state index contributed by atoms with van der Waals surface area (Å²) < 4.78 is 37.5. The molecular formula is C26H34N4O7S2. The molecule has 3 heterocycles. The van der Waals surface area contributed by atoms with Crippen LogP contribution in [0.1, 0.15) is 51.9 Å². The number of morpholine rings is 1. The minimum atomic E-state index is -3.65. The molecule has 39 heavy (non-hydrogen) atoms. The van der Waals surface area contributed by atoms with Gasteiger partial charge in [-0.25, -0.2) is 13.2 Å². The first kappa shape index (κ1) is 29.0. The maximum atomic E-state index is 13.6. The highest BCUT2D eigenvalue weighted by molar-refractivity contribution is 7.89. The number of carbonyl (C=O) groups is 3. The fourth-order valence-electron chi connectivity index (χ4n) is 4.68. The Kier molecular flexibility index (Phi) is 9.26. The Morgan fingerprint density at radius 1 is 1.03 bits per heavy atom. The normalized spacial score (nSPS) is 15.7. The van der Waals surface area contributed by atoms with Gasteiger partial charge in [-0.05, 0) is 43.2 Å². The molecule has 1 saturated heterocycles. The van der Waals surface area contributed by atoms with Crippen LogP contribution in [0.4, 0.5) is 9.80 Å². The highest BCUT2D eigenvalue weighted by atomic mass is 32.2. The third-order valence-electron chi connectivity index (χ3n) is 6.78. The van der Waals surface area contributed by atoms with Crippen molar-refractivity contribution in [2.75, 3.05) is 57.9 Å². The van der Waals surface area contributed by atoms with E-state index in [-0.39, 0.29) is 29.5 Å². The molecule has 0 saturated carbocycles. The van der Waals surface area contributed by atoms with Gasteiger partial charge >= 0.3 is 6.09 Å². The zero-order chi connectivity index (χ0) is 28.2. The molecule has 13 heteroatoms. The van der Waals surface area contributed by atoms with E-state index in [0.29, 0.717) is 62.9 Å². The van der Waals surface area contributed by atoms with Crippen LogP contribution in [0.15, 0.2) is 29.2 Å². The molecule has 0 radical (unpaired) electrons. The van der Waals surface area contributed by atoms with Gasteiger partial charge in [-0.2, -0.15) is 4.31 Å². The molecule has 2 aliphatic heterocycles. The fraction of sp³-hybridized carbons (Fsp3) is 0.500. The van der Waals surface area contributed by atoms with Crippen LogP contribution < -0.4 is 5.32 Å². The highest BCUT2D eigenvalue weighted by Crippen LogP contribution is 2.38. The van der Waals surface area contributed by atoms with E-state index in [1.807, 2.05) is 0 Å². The number of thiophene rings is 1. The lowest BCUT2D eigenvalue weighted by Gasteiger charge is -2.29. The van der Waals surface area contributed by atoms with E-state index in [0.717, 1.165) is 10.4 Å². The topological polar surface area (TPSA) is 126 Å². The second-order valence-electron chi connectivity index (χ2n) is 9.05. The number of nitrogens with zero attached hydrogens (tertiary/aromatic N) is 3. The van der Waals surface area contributed by atoms with Crippen molar-refractivity contribution in [3.8, 4) is 0 Å². The van der Waals surface area contributed by atoms with Crippen molar-refractivity contribution in [1.82, 2.24) is 14.1 Å². The minimum Gasteiger partial charge on any atom is -0.450 e. The number of carbonyl (C=O) groups excluding carboxylic acids is 3. The second-order valence-corrected chi connectivity index (χ2v) is 12.1. The summed E-state index contributed by atoms with van der Waals surface area (Å²) in [6, 6.07) is 5.76. The summed E-state index contributed by atoms with van der Waals surface area (Å²) >= 11 is 1.27. The zero-order valence-electron chi connectivity index (χ0n) is 22.4. The standard InChI is InChI=1S/C26H34N4O7S2/c1-4-30(5-2)39(34,35)19-9-7-18(8-10-19)23(31)27-24-22(25(32)28-13-15-36-16-14-28)20-11-12-29(17-21(20)38-24)26(33)37-6-3/h7-10H,4-6,11-17H2,1-3H3,(H,27,31). The number of sulfonamides is 1. The lowest BCUT2D eigenvalue weighted by atomic mass is 10.0. The Hall–Kier alpha value is -3.00. The number of benzene rings is 1. The zero-order valence-corrected chi connectivity index (χ0v) is 24.0. The Morgan fingerprint density at radius 2 is 1.69 bits per heavy atom. The molecule has 2 aliphatic rings. The number of hydrogen-bond acceptors (Lipinski definition) is 8. The average molecular weight is 579 g/mol. The molecule has 11 nitrogen and oxygen atoms in total. The number of anilines is 1. The van der Waals surface area contributed by atoms with Gasteiger partial charge in [0.05, 0.1) is 36.8 Å². The van der Waals surface area contributed by atoms with E-state index < -0.39 is 22.0 Å². The van der Waals surface area contributed by atoms with E-state index in [2.05, 4.69) is 5.32 Å². The fourth-order valence-corrected chi connectivity index (χ4v) is 7.39. The summed E-state index contributed by atoms with van der Waals surface area (Å²) in [6.07, 6.45) is 0.0482. The molecule has 2 aromatic rings. The molecule has 4 rings (SSSR count). The number of hydrogen-bond donors (Lipinski definition) is 1. The van der Waals surface area contributed by atoms with Crippen molar-refractivity contribution >= 4 is 44.3 Å². The summed E-state index contributed by atoms with van der Waals surface area (Å²) in [7, 11) is -3.65. The lowest BCUT2D eigenvalue weighted by molar-refractivity contribution is 0.0303. The quantitative estimate of drug-likeness (QED) is 0.510. The molecule has 1 fully saturated rings. The maximum absolute atomic E-state index is 13.6. The average Bonchev–Trinajstić information content (AvgIpc) is 3.30. The van der Waals surface area contributed by atoms with E-state index in [1.54, 1.807) is 30.6 Å². The van der Waals surface area contributed by atoms with Gasteiger partial charge in [0, 0.05) is 43.2 Å². The van der Waals surface area contributed by atoms with Crippen molar-refractivity contribution in [1.29, 1.82) is 0 Å². The van der Waals surface area contributed by atoms with Crippen LogP contribution in [-0.2, 0) is 32.5 Å². The molecule has 0 aliphatic carbocycles. The summed E-state index contributed by atoms with van der Waals surface area (Å²) in [6.45, 7) is 8.73. The van der Waals surface area contributed by atoms with Gasteiger partial charge in [0.2, 0.25) is 10.0 Å². The predicted molar refractivity (Wildman–Crippen MR) is 147 cm³/mol. The van der Waals surface area contributed by atoms with Crippen LogP contribution in [0.25, 0.3) is 0 Å². The molecule has 1 N–H and O–H groups in total. The van der Waals surface area contributed by atoms with E-state index in [1.165, 1.54) is 39.9 Å². The summed E-state index contributed by atoms with van der Waals surface area (Å²) in [5.74, 6) is -0.644. The molecule has 1 aromatic heterocycles. The Morgan fingerprint density at radius 3 is 2.31 bits per heavy atom. The van der Waals surface area contributed by atoms with Crippen molar-refractivity contribution in [2.24, 2.45) is 0 Å². The van der Waals surface area contributed by atoms with Crippen LogP contribution in [0, 0.1) is 0 Å². The molecule has 0 bridgehead atoms. The number of amides is 3. The first-order valence-corrected chi connectivity index (χ1v) is 15.3. The number of ether oxygens (including phenoxy) is 2. The van der Waals surface area contributed by atoms with Crippen LogP contribution in [-0.4, -0.2) is 93.0 Å². The van der Waals surface area contributed by atoms with E-state index >= 15 is 0 Å². The van der Waals surface area contributed by atoms with Gasteiger partial charge in [-0.3, -0.25) is 9.59 Å². The second kappa shape index (κ2) is 12.5. The monoisotopic (exact) mass is 578 g/mol. The Bertz CT molecular complexity index is 1310. The molecule has 0 atom stereocenters. The molecule has 3 amide bonds.